The van der Waals surface area contributed by atoms with Crippen LogP contribution in [0.15, 0.2) is 24.3 Å². The molecule has 112 valence electrons. The predicted molar refractivity (Wildman–Crippen MR) is 83.9 cm³/mol. The van der Waals surface area contributed by atoms with Crippen molar-refractivity contribution >= 4 is 35.2 Å². The van der Waals surface area contributed by atoms with Gasteiger partial charge in [0.25, 0.3) is 5.69 Å². The summed E-state index contributed by atoms with van der Waals surface area (Å²) in [5, 5.41) is 19.7. The van der Waals surface area contributed by atoms with Crippen LogP contribution in [0.4, 0.5) is 11.4 Å². The van der Waals surface area contributed by atoms with Crippen molar-refractivity contribution in [3.05, 3.63) is 40.0 Å². The molecule has 6 nitrogen and oxygen atoms in total. The zero-order valence-corrected chi connectivity index (χ0v) is 12.4. The van der Waals surface area contributed by atoms with Crippen molar-refractivity contribution in [2.24, 2.45) is 0 Å². The Labute approximate surface area is 126 Å². The van der Waals surface area contributed by atoms with Gasteiger partial charge < -0.3 is 10.0 Å². The number of nitro groups is 1. The zero-order valence-electron chi connectivity index (χ0n) is 11.6. The molecule has 1 aromatic rings. The van der Waals surface area contributed by atoms with Gasteiger partial charge in [-0.3, -0.25) is 10.1 Å². The Morgan fingerprint density at radius 3 is 2.90 bits per heavy atom. The number of carboxylic acid groups (broad SMARTS) is 1. The number of anilines is 1. The van der Waals surface area contributed by atoms with Crippen LogP contribution >= 0.6 is 11.8 Å². The van der Waals surface area contributed by atoms with E-state index < -0.39 is 10.9 Å². The van der Waals surface area contributed by atoms with Gasteiger partial charge in [0.15, 0.2) is 0 Å². The normalized spacial score (nSPS) is 18.0. The number of nitro benzene ring substituents is 1. The lowest BCUT2D eigenvalue weighted by molar-refractivity contribution is -0.385. The molecule has 0 aliphatic carbocycles. The van der Waals surface area contributed by atoms with Crippen LogP contribution in [0.25, 0.3) is 6.08 Å². The molecule has 1 aliphatic heterocycles. The molecule has 2 rings (SSSR count). The summed E-state index contributed by atoms with van der Waals surface area (Å²) in [5.74, 6) is 1.02. The minimum absolute atomic E-state index is 0.0922. The number of thioether (sulfide) groups is 1. The third kappa shape index (κ3) is 3.75. The first-order valence-electron chi connectivity index (χ1n) is 6.49. The quantitative estimate of drug-likeness (QED) is 0.511. The van der Waals surface area contributed by atoms with Crippen molar-refractivity contribution in [1.82, 2.24) is 0 Å². The molecule has 0 radical (unpaired) electrons. The lowest BCUT2D eigenvalue weighted by atomic mass is 10.1. The number of hydrogen-bond donors (Lipinski definition) is 1. The third-order valence-electron chi connectivity index (χ3n) is 3.47. The van der Waals surface area contributed by atoms with Crippen molar-refractivity contribution < 1.29 is 14.8 Å². The number of nitrogens with zero attached hydrogens (tertiary/aromatic N) is 2. The van der Waals surface area contributed by atoms with Crippen LogP contribution in [0, 0.1) is 10.1 Å². The van der Waals surface area contributed by atoms with E-state index in [1.54, 1.807) is 12.1 Å². The second-order valence-electron chi connectivity index (χ2n) is 4.80. The smallest absolute Gasteiger partial charge is 0.328 e. The standard InChI is InChI=1S/C14H16N2O4S/c1-15(12-6-7-21-9-12)11-3-4-13(16(19)20)10(8-11)2-5-14(17)18/h2-5,8,12H,6-7,9H2,1H3,(H,17,18)/b5-2+. The van der Waals surface area contributed by atoms with Gasteiger partial charge >= 0.3 is 5.97 Å². The molecule has 0 amide bonds. The van der Waals surface area contributed by atoms with Gasteiger partial charge in [0.05, 0.1) is 10.5 Å². The van der Waals surface area contributed by atoms with Crippen LogP contribution in [0.3, 0.4) is 0 Å². The van der Waals surface area contributed by atoms with Gasteiger partial charge in [-0.1, -0.05) is 0 Å². The van der Waals surface area contributed by atoms with E-state index in [4.69, 9.17) is 5.11 Å². The molecule has 0 saturated carbocycles. The molecule has 1 aliphatic rings. The van der Waals surface area contributed by atoms with Gasteiger partial charge in [-0.05, 0) is 30.4 Å². The summed E-state index contributed by atoms with van der Waals surface area (Å²) in [6.07, 6.45) is 3.26. The second-order valence-corrected chi connectivity index (χ2v) is 5.95. The Bertz CT molecular complexity index is 582. The van der Waals surface area contributed by atoms with Crippen molar-refractivity contribution in [1.29, 1.82) is 0 Å². The fourth-order valence-corrected chi connectivity index (χ4v) is 3.53. The Morgan fingerprint density at radius 2 is 2.33 bits per heavy atom. The first-order valence-corrected chi connectivity index (χ1v) is 7.64. The molecule has 1 unspecified atom stereocenters. The van der Waals surface area contributed by atoms with Crippen LogP contribution in [0.5, 0.6) is 0 Å². The molecule has 1 fully saturated rings. The van der Waals surface area contributed by atoms with Crippen LogP contribution in [-0.4, -0.2) is 40.6 Å². The topological polar surface area (TPSA) is 83.7 Å². The van der Waals surface area contributed by atoms with E-state index in [0.717, 1.165) is 29.7 Å². The largest absolute Gasteiger partial charge is 0.478 e. The van der Waals surface area contributed by atoms with Crippen LogP contribution < -0.4 is 4.90 Å². The van der Waals surface area contributed by atoms with E-state index in [9.17, 15) is 14.9 Å². The van der Waals surface area contributed by atoms with E-state index in [0.29, 0.717) is 11.6 Å². The first kappa shape index (κ1) is 15.4. The predicted octanol–water partition coefficient (Wildman–Crippen LogP) is 2.63. The number of carbonyl (C=O) groups is 1. The number of rotatable bonds is 5. The Kier molecular flexibility index (Phi) is 4.85. The number of aliphatic carboxylic acids is 1. The second kappa shape index (κ2) is 6.62. The first-order chi connectivity index (χ1) is 9.99. The lowest BCUT2D eigenvalue weighted by Crippen LogP contribution is -2.31. The van der Waals surface area contributed by atoms with Crippen LogP contribution in [-0.2, 0) is 4.79 Å². The zero-order chi connectivity index (χ0) is 15.4. The highest BCUT2D eigenvalue weighted by Gasteiger charge is 2.22. The van der Waals surface area contributed by atoms with Crippen molar-refractivity contribution in [2.75, 3.05) is 23.5 Å². The maximum atomic E-state index is 11.0. The minimum Gasteiger partial charge on any atom is -0.478 e. The monoisotopic (exact) mass is 308 g/mol. The van der Waals surface area contributed by atoms with Crippen molar-refractivity contribution in [3.8, 4) is 0 Å². The molecule has 1 N–H and O–H groups in total. The molecule has 0 spiro atoms. The molecule has 0 aromatic heterocycles. The molecule has 7 heteroatoms. The summed E-state index contributed by atoms with van der Waals surface area (Å²) in [4.78, 5) is 23.2. The Morgan fingerprint density at radius 1 is 1.57 bits per heavy atom. The maximum Gasteiger partial charge on any atom is 0.328 e. The average Bonchev–Trinajstić information content (AvgIpc) is 2.97. The van der Waals surface area contributed by atoms with E-state index in [2.05, 4.69) is 4.90 Å². The lowest BCUT2D eigenvalue weighted by Gasteiger charge is -2.26. The van der Waals surface area contributed by atoms with E-state index in [1.165, 1.54) is 12.1 Å². The number of benzene rings is 1. The van der Waals surface area contributed by atoms with Crippen LogP contribution in [0.2, 0.25) is 0 Å². The SMILES string of the molecule is CN(c1ccc([N+](=O)[O-])c(/C=C/C(=O)O)c1)C1CCSC1. The molecule has 0 bridgehead atoms. The highest BCUT2D eigenvalue weighted by molar-refractivity contribution is 7.99. The fourth-order valence-electron chi connectivity index (χ4n) is 2.26. The van der Waals surface area contributed by atoms with Crippen molar-refractivity contribution in [3.63, 3.8) is 0 Å². The maximum absolute atomic E-state index is 11.0. The highest BCUT2D eigenvalue weighted by Crippen LogP contribution is 2.30. The van der Waals surface area contributed by atoms with Gasteiger partial charge in [0.2, 0.25) is 0 Å². The molecule has 1 heterocycles. The van der Waals surface area contributed by atoms with Gasteiger partial charge in [0.1, 0.15) is 0 Å². The van der Waals surface area contributed by atoms with E-state index in [-0.39, 0.29) is 5.69 Å². The molecular weight excluding hydrogens is 292 g/mol. The van der Waals surface area contributed by atoms with Crippen molar-refractivity contribution in [2.45, 2.75) is 12.5 Å². The minimum atomic E-state index is -1.13. The van der Waals surface area contributed by atoms with Crippen LogP contribution in [0.1, 0.15) is 12.0 Å². The summed E-state index contributed by atoms with van der Waals surface area (Å²) >= 11 is 1.89. The van der Waals surface area contributed by atoms with Gasteiger partial charge in [-0.2, -0.15) is 11.8 Å². The number of carboxylic acids is 1. The number of hydrogen-bond acceptors (Lipinski definition) is 5. The van der Waals surface area contributed by atoms with Gasteiger partial charge in [-0.25, -0.2) is 4.79 Å². The summed E-state index contributed by atoms with van der Waals surface area (Å²) in [6.45, 7) is 0. The molecule has 1 saturated heterocycles. The van der Waals surface area contributed by atoms with E-state index in [1.807, 2.05) is 18.8 Å². The average molecular weight is 308 g/mol. The van der Waals surface area contributed by atoms with Gasteiger partial charge in [-0.15, -0.1) is 0 Å². The Balaban J connectivity index is 2.33. The molecule has 1 atom stereocenters. The highest BCUT2D eigenvalue weighted by atomic mass is 32.2. The summed E-state index contributed by atoms with van der Waals surface area (Å²) in [5.41, 5.74) is 1.07. The summed E-state index contributed by atoms with van der Waals surface area (Å²) in [6, 6.07) is 5.21. The third-order valence-corrected chi connectivity index (χ3v) is 4.62. The molecule has 1 aromatic carbocycles. The Hall–Kier alpha value is -2.02. The molecular formula is C14H16N2O4S. The molecule has 21 heavy (non-hydrogen) atoms. The fraction of sp³-hybridized carbons (Fsp3) is 0.357. The summed E-state index contributed by atoms with van der Waals surface area (Å²) in [7, 11) is 1.96. The summed E-state index contributed by atoms with van der Waals surface area (Å²) < 4.78 is 0. The van der Waals surface area contributed by atoms with Gasteiger partial charge in [0, 0.05) is 36.7 Å². The van der Waals surface area contributed by atoms with E-state index >= 15 is 0 Å².